The number of nitrogens with one attached hydrogen (secondary N) is 3. The zero-order valence-electron chi connectivity index (χ0n) is 26.4. The van der Waals surface area contributed by atoms with Crippen LogP contribution >= 0.6 is 0 Å². The minimum atomic E-state index is 0.636. The summed E-state index contributed by atoms with van der Waals surface area (Å²) in [5.74, 6) is 0. The highest BCUT2D eigenvalue weighted by molar-refractivity contribution is 6.26. The van der Waals surface area contributed by atoms with Crippen LogP contribution in [0.15, 0.2) is 51.9 Å². The van der Waals surface area contributed by atoms with Crippen molar-refractivity contribution in [2.24, 2.45) is 4.99 Å². The fraction of sp³-hybridized carbons (Fsp3) is 0.444. The van der Waals surface area contributed by atoms with Gasteiger partial charge in [-0.15, -0.1) is 0 Å². The summed E-state index contributed by atoms with van der Waals surface area (Å²) in [7, 11) is 0. The van der Waals surface area contributed by atoms with Gasteiger partial charge in [0.2, 0.25) is 0 Å². The molecule has 2 aromatic heterocycles. The molecule has 0 saturated heterocycles. The minimum absolute atomic E-state index is 0.636. The molecule has 3 aliphatic rings. The Hall–Kier alpha value is -3.60. The molecule has 2 aromatic rings. The van der Waals surface area contributed by atoms with Crippen molar-refractivity contribution >= 4 is 33.7 Å². The third kappa shape index (κ3) is 4.45. The van der Waals surface area contributed by atoms with Gasteiger partial charge in [-0.3, -0.25) is 5.41 Å². The summed E-state index contributed by atoms with van der Waals surface area (Å²) in [5, 5.41) is 15.9. The molecule has 0 amide bonds. The zero-order chi connectivity index (χ0) is 29.4. The van der Waals surface area contributed by atoms with Gasteiger partial charge < -0.3 is 14.9 Å². The molecule has 0 fully saturated rings. The first-order valence-corrected chi connectivity index (χ1v) is 15.9. The number of H-pyrrole nitrogens is 1. The Labute approximate surface area is 245 Å². The number of aromatic amines is 1. The van der Waals surface area contributed by atoms with E-state index in [-0.39, 0.29) is 0 Å². The van der Waals surface area contributed by atoms with Crippen molar-refractivity contribution in [2.75, 3.05) is 0 Å². The van der Waals surface area contributed by atoms with Crippen LogP contribution in [0, 0.1) is 5.41 Å². The fourth-order valence-electron chi connectivity index (χ4n) is 7.26. The summed E-state index contributed by atoms with van der Waals surface area (Å²) >= 11 is 0. The second-order valence-corrected chi connectivity index (χ2v) is 11.0. The molecule has 8 bridgehead atoms. The van der Waals surface area contributed by atoms with Crippen LogP contribution in [-0.4, -0.2) is 21.0 Å². The lowest BCUT2D eigenvalue weighted by Gasteiger charge is -2.15. The number of nitrogens with zero attached hydrogens (tertiary/aromatic N) is 2. The highest BCUT2D eigenvalue weighted by Crippen LogP contribution is 2.35. The van der Waals surface area contributed by atoms with Gasteiger partial charge >= 0.3 is 0 Å². The Kier molecular flexibility index (Phi) is 8.26. The molecule has 0 aliphatic carbocycles. The normalized spacial score (nSPS) is 17.0. The van der Waals surface area contributed by atoms with E-state index in [1.54, 1.807) is 0 Å². The number of aromatic nitrogens is 2. The molecule has 3 N–H and O–H groups in total. The molecule has 0 radical (unpaired) electrons. The SMILES string of the molecule is CCC1=C2NC(=C(CC)c3ccc([nH]3)C(CC)=C3C=CC(=N3)C(CC)=c3c(CC)c(CC)c(n3CC)=C2CC)C1=N. The third-order valence-electron chi connectivity index (χ3n) is 9.14. The van der Waals surface area contributed by atoms with E-state index in [0.717, 1.165) is 96.8 Å². The smallest absolute Gasteiger partial charge is 0.0831 e. The zero-order valence-corrected chi connectivity index (χ0v) is 26.4. The summed E-state index contributed by atoms with van der Waals surface area (Å²) in [6.45, 7) is 18.9. The molecular weight excluding hydrogens is 502 g/mol. The number of allylic oxidation sites excluding steroid dienone is 6. The van der Waals surface area contributed by atoms with Crippen molar-refractivity contribution in [3.05, 3.63) is 80.2 Å². The minimum Gasteiger partial charge on any atom is -0.355 e. The lowest BCUT2D eigenvalue weighted by atomic mass is 9.97. The number of hydrogen-bond acceptors (Lipinski definition) is 3. The van der Waals surface area contributed by atoms with E-state index >= 15 is 0 Å². The van der Waals surface area contributed by atoms with E-state index in [0.29, 0.717) is 5.71 Å². The Balaban J connectivity index is 2.05. The second-order valence-electron chi connectivity index (χ2n) is 11.0. The summed E-state index contributed by atoms with van der Waals surface area (Å²) in [6, 6.07) is 4.37. The Bertz CT molecular complexity index is 1690. The summed E-state index contributed by atoms with van der Waals surface area (Å²) in [6.07, 6.45) is 10.8. The molecule has 0 spiro atoms. The number of fused-ring (bicyclic) bond motifs is 7. The maximum atomic E-state index is 9.37. The van der Waals surface area contributed by atoms with Gasteiger partial charge in [0.15, 0.2) is 0 Å². The van der Waals surface area contributed by atoms with E-state index in [1.807, 2.05) is 0 Å². The van der Waals surface area contributed by atoms with Gasteiger partial charge in [0.25, 0.3) is 0 Å². The van der Waals surface area contributed by atoms with Gasteiger partial charge in [0.1, 0.15) is 0 Å². The molecule has 5 nitrogen and oxygen atoms in total. The molecule has 0 aromatic carbocycles. The average molecular weight is 550 g/mol. The van der Waals surface area contributed by atoms with E-state index in [2.05, 4.69) is 94.5 Å². The highest BCUT2D eigenvalue weighted by Gasteiger charge is 2.30. The van der Waals surface area contributed by atoms with Crippen molar-refractivity contribution in [3.8, 4) is 0 Å². The van der Waals surface area contributed by atoms with Crippen molar-refractivity contribution in [2.45, 2.75) is 107 Å². The number of aliphatic imine (C=N–C) groups is 1. The molecule has 5 heterocycles. The molecule has 0 unspecified atom stereocenters. The van der Waals surface area contributed by atoms with Crippen LogP contribution in [-0.2, 0) is 19.4 Å². The van der Waals surface area contributed by atoms with Gasteiger partial charge in [0.05, 0.1) is 28.2 Å². The third-order valence-corrected chi connectivity index (χ3v) is 9.14. The lowest BCUT2D eigenvalue weighted by molar-refractivity contribution is 0.709. The van der Waals surface area contributed by atoms with Crippen LogP contribution < -0.4 is 16.0 Å². The predicted molar refractivity (Wildman–Crippen MR) is 175 cm³/mol. The fourth-order valence-corrected chi connectivity index (χ4v) is 7.26. The molecule has 5 rings (SSSR count). The van der Waals surface area contributed by atoms with Gasteiger partial charge in [-0.1, -0.05) is 48.5 Å². The lowest BCUT2D eigenvalue weighted by Crippen LogP contribution is -2.33. The second kappa shape index (κ2) is 11.7. The molecule has 0 atom stereocenters. The number of hydrogen-bond donors (Lipinski definition) is 3. The Morgan fingerprint density at radius 2 is 1.20 bits per heavy atom. The topological polar surface area (TPSA) is 69.0 Å². The van der Waals surface area contributed by atoms with Crippen LogP contribution in [0.2, 0.25) is 0 Å². The molecule has 216 valence electrons. The first-order valence-electron chi connectivity index (χ1n) is 15.9. The van der Waals surface area contributed by atoms with Gasteiger partial charge in [-0.05, 0) is 92.9 Å². The molecular formula is C36H47N5. The van der Waals surface area contributed by atoms with Gasteiger partial charge in [-0.2, -0.15) is 0 Å². The number of rotatable bonds is 8. The first-order chi connectivity index (χ1) is 19.9. The molecule has 0 saturated carbocycles. The standard InChI is InChI=1S/C36H47N5/c1-9-21-22(10-2)36-27(15-7)33-26(14-6)32(37)34(40-33)24(12-4)30-19-17-28(38-30)23(11-3)29-18-20-31(39-29)25(13-5)35(21)41(36)16-8/h17-20,37-38,40H,9-16H2,1-8H3. The first kappa shape index (κ1) is 28.9. The van der Waals surface area contributed by atoms with Gasteiger partial charge in [-0.25, -0.2) is 4.99 Å². The summed E-state index contributed by atoms with van der Waals surface area (Å²) in [5.41, 5.74) is 16.1. The van der Waals surface area contributed by atoms with Crippen LogP contribution in [0.25, 0.3) is 22.3 Å². The van der Waals surface area contributed by atoms with E-state index < -0.39 is 0 Å². The van der Waals surface area contributed by atoms with Crippen molar-refractivity contribution in [3.63, 3.8) is 0 Å². The van der Waals surface area contributed by atoms with E-state index in [9.17, 15) is 5.41 Å². The maximum absolute atomic E-state index is 9.37. The molecule has 5 heteroatoms. The van der Waals surface area contributed by atoms with Crippen molar-refractivity contribution in [1.82, 2.24) is 14.9 Å². The van der Waals surface area contributed by atoms with Crippen LogP contribution in [0.3, 0.4) is 0 Å². The molecule has 41 heavy (non-hydrogen) atoms. The summed E-state index contributed by atoms with van der Waals surface area (Å²) in [4.78, 5) is 9.02. The van der Waals surface area contributed by atoms with Crippen LogP contribution in [0.5, 0.6) is 0 Å². The maximum Gasteiger partial charge on any atom is 0.0831 e. The van der Waals surface area contributed by atoms with E-state index in [1.165, 1.54) is 38.5 Å². The van der Waals surface area contributed by atoms with Crippen molar-refractivity contribution in [1.29, 1.82) is 5.41 Å². The highest BCUT2D eigenvalue weighted by atomic mass is 15.0. The Morgan fingerprint density at radius 1 is 0.634 bits per heavy atom. The van der Waals surface area contributed by atoms with Crippen molar-refractivity contribution < 1.29 is 0 Å². The monoisotopic (exact) mass is 549 g/mol. The van der Waals surface area contributed by atoms with Crippen LogP contribution in [0.1, 0.15) is 110 Å². The Morgan fingerprint density at radius 3 is 1.73 bits per heavy atom. The molecule has 3 aliphatic heterocycles. The van der Waals surface area contributed by atoms with Crippen LogP contribution in [0.4, 0.5) is 0 Å². The summed E-state index contributed by atoms with van der Waals surface area (Å²) < 4.78 is 2.57. The van der Waals surface area contributed by atoms with Gasteiger partial charge in [0, 0.05) is 51.3 Å². The average Bonchev–Trinajstić information content (AvgIpc) is 3.77. The van der Waals surface area contributed by atoms with E-state index in [4.69, 9.17) is 4.99 Å². The quantitative estimate of drug-likeness (QED) is 0.317. The largest absolute Gasteiger partial charge is 0.355 e. The predicted octanol–water partition coefficient (Wildman–Crippen LogP) is 7.34.